The van der Waals surface area contributed by atoms with E-state index in [4.69, 9.17) is 16.3 Å². The van der Waals surface area contributed by atoms with Gasteiger partial charge in [0, 0.05) is 24.7 Å². The van der Waals surface area contributed by atoms with E-state index in [2.05, 4.69) is 20.9 Å². The predicted octanol–water partition coefficient (Wildman–Crippen LogP) is 2.08. The molecule has 1 aromatic heterocycles. The van der Waals surface area contributed by atoms with E-state index < -0.39 is 59.6 Å². The van der Waals surface area contributed by atoms with Crippen LogP contribution in [-0.2, 0) is 14.4 Å². The van der Waals surface area contributed by atoms with E-state index in [9.17, 15) is 29.4 Å². The number of amides is 4. The van der Waals surface area contributed by atoms with Crippen molar-refractivity contribution in [2.45, 2.75) is 102 Å². The second-order valence-corrected chi connectivity index (χ2v) is 12.9. The maximum atomic E-state index is 13.8. The number of aliphatic hydroxyl groups excluding tert-OH is 1. The van der Waals surface area contributed by atoms with Gasteiger partial charge >= 0.3 is 6.09 Å². The van der Waals surface area contributed by atoms with Gasteiger partial charge in [-0.2, -0.15) is 0 Å². The summed E-state index contributed by atoms with van der Waals surface area (Å²) in [7, 11) is 0. The Morgan fingerprint density at radius 2 is 1.85 bits per heavy atom. The number of carbonyl (C=O) groups excluding carboxylic acids is 3. The first-order valence-corrected chi connectivity index (χ1v) is 14.6. The summed E-state index contributed by atoms with van der Waals surface area (Å²) in [4.78, 5) is 57.3. The molecule has 5 N–H and O–H groups in total. The van der Waals surface area contributed by atoms with Crippen LogP contribution in [0.4, 0.5) is 4.79 Å². The number of carbonyl (C=O) groups is 4. The molecule has 2 saturated carbocycles. The van der Waals surface area contributed by atoms with Crippen LogP contribution in [-0.4, -0.2) is 86.8 Å². The van der Waals surface area contributed by atoms with Crippen molar-refractivity contribution in [2.75, 3.05) is 6.54 Å². The SMILES string of the molecule is CC(C)(C)[C@H](NC(=O)O)C(=O)N1C[C@H](Oc2ccc(Cl)cn2)C[C@H]1C(=O)NC(CC1CCC1)C(O)C(=O)NC1CC1. The molecule has 4 amide bonds. The number of hydrogen-bond donors (Lipinski definition) is 5. The lowest BCUT2D eigenvalue weighted by atomic mass is 9.79. The molecular weight excluding hydrogens is 554 g/mol. The third kappa shape index (κ3) is 8.22. The Morgan fingerprint density at radius 1 is 1.15 bits per heavy atom. The predicted molar refractivity (Wildman–Crippen MR) is 149 cm³/mol. The first-order valence-electron chi connectivity index (χ1n) is 14.2. The molecule has 2 unspecified atom stereocenters. The summed E-state index contributed by atoms with van der Waals surface area (Å²) >= 11 is 5.93. The molecular formula is C28H40ClN5O7. The molecule has 2 aliphatic carbocycles. The lowest BCUT2D eigenvalue weighted by Crippen LogP contribution is -2.59. The number of ether oxygens (including phenoxy) is 1. The van der Waals surface area contributed by atoms with Gasteiger partial charge in [0.2, 0.25) is 17.7 Å². The molecule has 13 heteroatoms. The summed E-state index contributed by atoms with van der Waals surface area (Å²) in [5, 5.41) is 28.7. The van der Waals surface area contributed by atoms with Crippen molar-refractivity contribution >= 4 is 35.4 Å². The van der Waals surface area contributed by atoms with Crippen LogP contribution in [0.3, 0.4) is 0 Å². The van der Waals surface area contributed by atoms with Crippen LogP contribution in [0.25, 0.3) is 0 Å². The van der Waals surface area contributed by atoms with Crippen molar-refractivity contribution in [1.29, 1.82) is 0 Å². The lowest BCUT2D eigenvalue weighted by molar-refractivity contribution is -0.143. The van der Waals surface area contributed by atoms with Crippen LogP contribution < -0.4 is 20.7 Å². The van der Waals surface area contributed by atoms with E-state index in [-0.39, 0.29) is 30.8 Å². The van der Waals surface area contributed by atoms with E-state index in [0.29, 0.717) is 11.4 Å². The molecule has 2 heterocycles. The van der Waals surface area contributed by atoms with Crippen molar-refractivity contribution in [2.24, 2.45) is 11.3 Å². The number of hydrogen-bond acceptors (Lipinski definition) is 7. The van der Waals surface area contributed by atoms with Crippen molar-refractivity contribution in [3.63, 3.8) is 0 Å². The number of aliphatic hydroxyl groups is 1. The summed E-state index contributed by atoms with van der Waals surface area (Å²) in [5.41, 5.74) is -0.795. The third-order valence-electron chi connectivity index (χ3n) is 7.93. The van der Waals surface area contributed by atoms with E-state index in [0.717, 1.165) is 32.1 Å². The fraction of sp³-hybridized carbons (Fsp3) is 0.679. The van der Waals surface area contributed by atoms with Gasteiger partial charge in [0.05, 0.1) is 17.6 Å². The highest BCUT2D eigenvalue weighted by Gasteiger charge is 2.47. The second kappa shape index (κ2) is 12.8. The topological polar surface area (TPSA) is 170 Å². The average molecular weight is 594 g/mol. The fourth-order valence-electron chi connectivity index (χ4n) is 5.25. The number of aromatic nitrogens is 1. The van der Waals surface area contributed by atoms with Gasteiger partial charge in [0.1, 0.15) is 18.2 Å². The van der Waals surface area contributed by atoms with Gasteiger partial charge in [-0.1, -0.05) is 51.6 Å². The van der Waals surface area contributed by atoms with Crippen molar-refractivity contribution in [3.05, 3.63) is 23.4 Å². The highest BCUT2D eigenvalue weighted by molar-refractivity contribution is 6.30. The zero-order valence-electron chi connectivity index (χ0n) is 23.6. The molecule has 0 radical (unpaired) electrons. The number of pyridine rings is 1. The van der Waals surface area contributed by atoms with Gasteiger partial charge < -0.3 is 35.8 Å². The van der Waals surface area contributed by atoms with E-state index >= 15 is 0 Å². The Balaban J connectivity index is 1.55. The second-order valence-electron chi connectivity index (χ2n) is 12.4. The van der Waals surface area contributed by atoms with Gasteiger partial charge in [-0.3, -0.25) is 14.4 Å². The maximum absolute atomic E-state index is 13.8. The van der Waals surface area contributed by atoms with Crippen LogP contribution in [0.15, 0.2) is 18.3 Å². The largest absolute Gasteiger partial charge is 0.472 e. The number of nitrogens with one attached hydrogen (secondary N) is 3. The zero-order valence-corrected chi connectivity index (χ0v) is 24.4. The van der Waals surface area contributed by atoms with Gasteiger partial charge in [0.15, 0.2) is 6.10 Å². The van der Waals surface area contributed by atoms with Crippen molar-refractivity contribution < 1.29 is 34.1 Å². The molecule has 1 saturated heterocycles. The molecule has 4 rings (SSSR count). The zero-order chi connectivity index (χ0) is 29.9. The molecule has 0 bridgehead atoms. The molecule has 0 spiro atoms. The maximum Gasteiger partial charge on any atom is 0.405 e. The molecule has 1 aliphatic heterocycles. The number of likely N-dealkylation sites (tertiary alicyclic amines) is 1. The Kier molecular flexibility index (Phi) is 9.63. The minimum absolute atomic E-state index is 0.00706. The van der Waals surface area contributed by atoms with Gasteiger partial charge in [-0.25, -0.2) is 9.78 Å². The lowest BCUT2D eigenvalue weighted by Gasteiger charge is -2.36. The van der Waals surface area contributed by atoms with Crippen LogP contribution >= 0.6 is 11.6 Å². The minimum atomic E-state index is -1.44. The smallest absolute Gasteiger partial charge is 0.405 e. The van der Waals surface area contributed by atoms with Gasteiger partial charge in [-0.15, -0.1) is 0 Å². The normalized spacial score (nSPS) is 23.1. The molecule has 3 fully saturated rings. The van der Waals surface area contributed by atoms with E-state index in [1.54, 1.807) is 32.9 Å². The van der Waals surface area contributed by atoms with E-state index in [1.165, 1.54) is 11.1 Å². The first kappa shape index (κ1) is 30.8. The molecule has 226 valence electrons. The minimum Gasteiger partial charge on any atom is -0.472 e. The van der Waals surface area contributed by atoms with Gasteiger partial charge in [0.25, 0.3) is 5.91 Å². The van der Waals surface area contributed by atoms with E-state index in [1.807, 2.05) is 0 Å². The van der Waals surface area contributed by atoms with Crippen LogP contribution in [0.1, 0.15) is 65.7 Å². The summed E-state index contributed by atoms with van der Waals surface area (Å²) in [6, 6.07) is 0.242. The van der Waals surface area contributed by atoms with Crippen LogP contribution in [0, 0.1) is 11.3 Å². The number of halogens is 1. The molecule has 0 aromatic carbocycles. The Bertz CT molecular complexity index is 1120. The van der Waals surface area contributed by atoms with Gasteiger partial charge in [-0.05, 0) is 36.7 Å². The monoisotopic (exact) mass is 593 g/mol. The van der Waals surface area contributed by atoms with Crippen molar-refractivity contribution in [1.82, 2.24) is 25.8 Å². The highest BCUT2D eigenvalue weighted by Crippen LogP contribution is 2.32. The van der Waals surface area contributed by atoms with Crippen LogP contribution in [0.2, 0.25) is 5.02 Å². The molecule has 3 aliphatic rings. The Labute approximate surface area is 244 Å². The molecule has 5 atom stereocenters. The Morgan fingerprint density at radius 3 is 2.39 bits per heavy atom. The average Bonchev–Trinajstić information content (AvgIpc) is 3.59. The summed E-state index contributed by atoms with van der Waals surface area (Å²) in [5.74, 6) is -1.09. The molecule has 1 aromatic rings. The number of nitrogens with zero attached hydrogens (tertiary/aromatic N) is 2. The Hall–Kier alpha value is -3.12. The molecule has 12 nitrogen and oxygen atoms in total. The number of carboxylic acid groups (broad SMARTS) is 1. The van der Waals surface area contributed by atoms with Crippen LogP contribution in [0.5, 0.6) is 5.88 Å². The highest BCUT2D eigenvalue weighted by atomic mass is 35.5. The molecule has 41 heavy (non-hydrogen) atoms. The summed E-state index contributed by atoms with van der Waals surface area (Å²) < 4.78 is 5.98. The summed E-state index contributed by atoms with van der Waals surface area (Å²) in [6.07, 6.45) is 3.23. The fourth-order valence-corrected chi connectivity index (χ4v) is 5.36. The summed E-state index contributed by atoms with van der Waals surface area (Å²) in [6.45, 7) is 5.19. The quantitative estimate of drug-likeness (QED) is 0.260. The third-order valence-corrected chi connectivity index (χ3v) is 8.15. The standard InChI is InChI=1S/C28H40ClN5O7/c1-28(2,3)23(33-27(39)40)26(38)34-14-18(41-21-10-7-16(29)13-30-21)12-20(34)24(36)32-19(11-15-5-4-6-15)22(35)25(37)31-17-8-9-17/h7,10,13,15,17-20,22-23,33,35H,4-6,8-9,11-12,14H2,1-3H3,(H,31,37)(H,32,36)(H,39,40)/t18-,19?,20+,22?,23-/m1/s1. The number of rotatable bonds is 11. The first-order chi connectivity index (χ1) is 19.3. The van der Waals surface area contributed by atoms with Crippen molar-refractivity contribution in [3.8, 4) is 5.88 Å².